The van der Waals surface area contributed by atoms with Crippen LogP contribution in [0.3, 0.4) is 0 Å². The van der Waals surface area contributed by atoms with E-state index in [1.165, 1.54) is 0 Å². The summed E-state index contributed by atoms with van der Waals surface area (Å²) in [6, 6.07) is 0. The van der Waals surface area contributed by atoms with Gasteiger partial charge in [-0.2, -0.15) is 0 Å². The summed E-state index contributed by atoms with van der Waals surface area (Å²) in [5.41, 5.74) is -2.27. The molecule has 58 valence electrons. The minimum absolute atomic E-state index is 0.852. The standard InChI is InChI=1S/C5H8O5/c1-5(10,4(8)9)2-3(6)7/h10H,2H2,1H3,(H,6,7)(H,8,9)/p-1/t5-/m0/s1. The number of carboxylic acids is 2. The Bertz CT molecular complexity index is 159. The van der Waals surface area contributed by atoms with Gasteiger partial charge in [0.15, 0.2) is 0 Å². The van der Waals surface area contributed by atoms with Crippen molar-refractivity contribution in [3.63, 3.8) is 0 Å². The monoisotopic (exact) mass is 147 g/mol. The lowest BCUT2D eigenvalue weighted by molar-refractivity contribution is -0.323. The normalized spacial score (nSPS) is 15.8. The van der Waals surface area contributed by atoms with Gasteiger partial charge in [0.2, 0.25) is 0 Å². The van der Waals surface area contributed by atoms with Gasteiger partial charge in [-0.1, -0.05) is 0 Å². The Morgan fingerprint density at radius 2 is 2.00 bits per heavy atom. The molecule has 0 heterocycles. The molecule has 0 radical (unpaired) electrons. The van der Waals surface area contributed by atoms with Crippen LogP contribution in [0.15, 0.2) is 0 Å². The van der Waals surface area contributed by atoms with E-state index < -0.39 is 24.0 Å². The lowest BCUT2D eigenvalue weighted by Gasteiger charge is -2.21. The molecule has 0 aliphatic carbocycles. The summed E-state index contributed by atoms with van der Waals surface area (Å²) < 4.78 is 0. The van der Waals surface area contributed by atoms with E-state index in [0.29, 0.717) is 0 Å². The first kappa shape index (κ1) is 8.90. The summed E-state index contributed by atoms with van der Waals surface area (Å²) in [6.45, 7) is 0.871. The largest absolute Gasteiger partial charge is 0.547 e. The Morgan fingerprint density at radius 3 is 2.10 bits per heavy atom. The van der Waals surface area contributed by atoms with Gasteiger partial charge in [0.25, 0.3) is 0 Å². The van der Waals surface area contributed by atoms with Crippen LogP contribution in [0.4, 0.5) is 0 Å². The third-order valence-electron chi connectivity index (χ3n) is 0.935. The number of carbonyl (C=O) groups is 2. The van der Waals surface area contributed by atoms with Crippen molar-refractivity contribution in [2.24, 2.45) is 0 Å². The number of carboxylic acid groups (broad SMARTS) is 2. The number of aliphatic carboxylic acids is 2. The van der Waals surface area contributed by atoms with E-state index in [4.69, 9.17) is 10.2 Å². The molecule has 0 aliphatic rings. The molecule has 0 aliphatic heterocycles. The number of hydrogen-bond donors (Lipinski definition) is 2. The van der Waals surface area contributed by atoms with Gasteiger partial charge in [0.05, 0.1) is 12.4 Å². The van der Waals surface area contributed by atoms with Crippen LogP contribution in [-0.4, -0.2) is 27.8 Å². The first-order valence-corrected chi connectivity index (χ1v) is 2.52. The molecule has 0 unspecified atom stereocenters. The van der Waals surface area contributed by atoms with Crippen LogP contribution in [0.2, 0.25) is 0 Å². The summed E-state index contributed by atoms with van der Waals surface area (Å²) in [7, 11) is 0. The zero-order valence-corrected chi connectivity index (χ0v) is 5.33. The van der Waals surface area contributed by atoms with Gasteiger partial charge < -0.3 is 20.1 Å². The van der Waals surface area contributed by atoms with Crippen molar-refractivity contribution in [2.45, 2.75) is 18.9 Å². The second kappa shape index (κ2) is 2.66. The molecular weight excluding hydrogens is 140 g/mol. The number of hydrogen-bond acceptors (Lipinski definition) is 4. The van der Waals surface area contributed by atoms with E-state index in [1.807, 2.05) is 0 Å². The highest BCUT2D eigenvalue weighted by molar-refractivity contribution is 5.81. The highest BCUT2D eigenvalue weighted by Crippen LogP contribution is 2.06. The van der Waals surface area contributed by atoms with Crippen LogP contribution < -0.4 is 5.11 Å². The highest BCUT2D eigenvalue weighted by Gasteiger charge is 2.25. The molecule has 0 saturated carbocycles. The molecule has 0 saturated heterocycles. The van der Waals surface area contributed by atoms with Crippen LogP contribution in [0, 0.1) is 0 Å². The summed E-state index contributed by atoms with van der Waals surface area (Å²) in [4.78, 5) is 19.8. The third kappa shape index (κ3) is 2.45. The second-order valence-electron chi connectivity index (χ2n) is 2.13. The van der Waals surface area contributed by atoms with Gasteiger partial charge >= 0.3 is 5.97 Å². The van der Waals surface area contributed by atoms with Crippen molar-refractivity contribution in [1.82, 2.24) is 0 Å². The second-order valence-corrected chi connectivity index (χ2v) is 2.13. The van der Waals surface area contributed by atoms with E-state index in [9.17, 15) is 14.7 Å². The fraction of sp³-hybridized carbons (Fsp3) is 0.600. The number of aliphatic hydroxyl groups is 1. The predicted octanol–water partition coefficient (Wildman–Crippen LogP) is -2.04. The first-order valence-electron chi connectivity index (χ1n) is 2.52. The van der Waals surface area contributed by atoms with Crippen molar-refractivity contribution >= 4 is 11.9 Å². The Hall–Kier alpha value is -1.10. The summed E-state index contributed by atoms with van der Waals surface area (Å²) in [5.74, 6) is -3.16. The summed E-state index contributed by atoms with van der Waals surface area (Å²) in [6.07, 6.45) is -0.852. The van der Waals surface area contributed by atoms with Gasteiger partial charge in [-0.05, 0) is 6.92 Å². The van der Waals surface area contributed by atoms with E-state index in [2.05, 4.69) is 0 Å². The van der Waals surface area contributed by atoms with Crippen molar-refractivity contribution < 1.29 is 24.9 Å². The van der Waals surface area contributed by atoms with Crippen LogP contribution in [0.25, 0.3) is 0 Å². The van der Waals surface area contributed by atoms with Crippen LogP contribution in [0.1, 0.15) is 13.3 Å². The zero-order chi connectivity index (χ0) is 8.36. The van der Waals surface area contributed by atoms with Crippen LogP contribution >= 0.6 is 0 Å². The molecule has 1 atom stereocenters. The molecule has 0 aromatic heterocycles. The van der Waals surface area contributed by atoms with Crippen molar-refractivity contribution in [3.8, 4) is 0 Å². The minimum Gasteiger partial charge on any atom is -0.547 e. The zero-order valence-electron chi connectivity index (χ0n) is 5.33. The van der Waals surface area contributed by atoms with Crippen molar-refractivity contribution in [2.75, 3.05) is 0 Å². The Labute approximate surface area is 56.9 Å². The van der Waals surface area contributed by atoms with Crippen LogP contribution in [0.5, 0.6) is 0 Å². The molecule has 5 nitrogen and oxygen atoms in total. The summed E-state index contributed by atoms with van der Waals surface area (Å²) in [5, 5.41) is 26.7. The highest BCUT2D eigenvalue weighted by atomic mass is 16.4. The molecule has 0 rings (SSSR count). The van der Waals surface area contributed by atoms with E-state index in [1.54, 1.807) is 0 Å². The molecule has 0 amide bonds. The lowest BCUT2D eigenvalue weighted by atomic mass is 10.0. The van der Waals surface area contributed by atoms with E-state index >= 15 is 0 Å². The smallest absolute Gasteiger partial charge is 0.306 e. The molecule has 5 heteroatoms. The lowest BCUT2D eigenvalue weighted by Crippen LogP contribution is -2.47. The van der Waals surface area contributed by atoms with Gasteiger partial charge in [-0.15, -0.1) is 0 Å². The van der Waals surface area contributed by atoms with Gasteiger partial charge in [0, 0.05) is 0 Å². The molecule has 0 aromatic carbocycles. The molecule has 0 fully saturated rings. The quantitative estimate of drug-likeness (QED) is 0.479. The van der Waals surface area contributed by atoms with Gasteiger partial charge in [-0.25, -0.2) is 0 Å². The minimum atomic E-state index is -2.27. The molecule has 0 aromatic rings. The topological polar surface area (TPSA) is 97.7 Å². The third-order valence-corrected chi connectivity index (χ3v) is 0.935. The van der Waals surface area contributed by atoms with Crippen molar-refractivity contribution in [3.05, 3.63) is 0 Å². The molecule has 10 heavy (non-hydrogen) atoms. The molecule has 2 N–H and O–H groups in total. The maximum atomic E-state index is 9.93. The molecule has 0 spiro atoms. The molecular formula is C5H7O5-. The summed E-state index contributed by atoms with van der Waals surface area (Å²) >= 11 is 0. The van der Waals surface area contributed by atoms with Gasteiger partial charge in [0.1, 0.15) is 5.60 Å². The van der Waals surface area contributed by atoms with Crippen LogP contribution in [-0.2, 0) is 9.59 Å². The van der Waals surface area contributed by atoms with E-state index in [-0.39, 0.29) is 0 Å². The number of carbonyl (C=O) groups excluding carboxylic acids is 1. The fourth-order valence-electron chi connectivity index (χ4n) is 0.367. The maximum Gasteiger partial charge on any atom is 0.306 e. The SMILES string of the molecule is C[C@](O)(CC(=O)O)C(=O)[O-]. The predicted molar refractivity (Wildman–Crippen MR) is 27.9 cm³/mol. The Kier molecular flexibility index (Phi) is 2.36. The van der Waals surface area contributed by atoms with Crippen molar-refractivity contribution in [1.29, 1.82) is 0 Å². The first-order chi connectivity index (χ1) is 4.36. The average molecular weight is 147 g/mol. The fourth-order valence-corrected chi connectivity index (χ4v) is 0.367. The van der Waals surface area contributed by atoms with Gasteiger partial charge in [-0.3, -0.25) is 4.79 Å². The average Bonchev–Trinajstić information content (AvgIpc) is 1.60. The molecule has 0 bridgehead atoms. The maximum absolute atomic E-state index is 9.93. The Morgan fingerprint density at radius 1 is 1.60 bits per heavy atom. The number of rotatable bonds is 3. The van der Waals surface area contributed by atoms with E-state index in [0.717, 1.165) is 6.92 Å². The Balaban J connectivity index is 4.13.